The molecule has 0 aromatic heterocycles. The van der Waals surface area contributed by atoms with E-state index in [2.05, 4.69) is 29.8 Å². The van der Waals surface area contributed by atoms with Crippen molar-refractivity contribution >= 4 is 15.9 Å². The lowest BCUT2D eigenvalue weighted by Crippen LogP contribution is -1.91. The molecule has 0 bridgehead atoms. The summed E-state index contributed by atoms with van der Waals surface area (Å²) in [6.07, 6.45) is 3.87. The number of rotatable bonds is 3. The molecule has 58 valence electrons. The molecule has 0 saturated heterocycles. The Morgan fingerprint density at radius 3 is 1.78 bits per heavy atom. The van der Waals surface area contributed by atoms with Crippen LogP contribution in [0.5, 0.6) is 0 Å². The molecule has 1 unspecified atom stereocenters. The summed E-state index contributed by atoms with van der Waals surface area (Å²) in [5.74, 6) is 0. The molecule has 0 aromatic carbocycles. The average Bonchev–Trinajstić information content (AvgIpc) is 1.93. The fraction of sp³-hybridized carbons (Fsp3) is 1.00. The van der Waals surface area contributed by atoms with E-state index in [0.717, 1.165) is 4.83 Å². The van der Waals surface area contributed by atoms with E-state index < -0.39 is 0 Å². The van der Waals surface area contributed by atoms with Crippen molar-refractivity contribution in [3.05, 3.63) is 0 Å². The van der Waals surface area contributed by atoms with Gasteiger partial charge in [-0.15, -0.1) is 0 Å². The fourth-order valence-electron chi connectivity index (χ4n) is 0.517. The minimum atomic E-state index is 0.762. The molecule has 1 atom stereocenters. The van der Waals surface area contributed by atoms with Crippen LogP contribution < -0.4 is 0 Å². The number of hydrogen-bond donors (Lipinski definition) is 0. The van der Waals surface area contributed by atoms with Gasteiger partial charge >= 0.3 is 0 Å². The molecular formula is C8H19Br. The summed E-state index contributed by atoms with van der Waals surface area (Å²) in [4.78, 5) is 0.762. The third-order valence-electron chi connectivity index (χ3n) is 1.04. The lowest BCUT2D eigenvalue weighted by atomic mass is 10.2. The molecule has 0 aromatic rings. The highest BCUT2D eigenvalue weighted by molar-refractivity contribution is 9.09. The van der Waals surface area contributed by atoms with Gasteiger partial charge in [0.2, 0.25) is 0 Å². The Bertz CT molecular complexity index is 35.5. The summed E-state index contributed by atoms with van der Waals surface area (Å²) >= 11 is 3.54. The first-order valence-electron chi connectivity index (χ1n) is 3.95. The summed E-state index contributed by atoms with van der Waals surface area (Å²) in [6.45, 7) is 8.42. The average molecular weight is 195 g/mol. The third kappa shape index (κ3) is 11.9. The first-order valence-corrected chi connectivity index (χ1v) is 4.86. The standard InChI is InChI=1S/C6H13Br.C2H6/c1-3-5-6(7)4-2;1-2/h6H,3-5H2,1-2H3;1-2H3. The molecule has 0 fully saturated rings. The summed E-state index contributed by atoms with van der Waals surface area (Å²) in [7, 11) is 0. The van der Waals surface area contributed by atoms with Gasteiger partial charge in [-0.05, 0) is 12.8 Å². The summed E-state index contributed by atoms with van der Waals surface area (Å²) in [6, 6.07) is 0. The van der Waals surface area contributed by atoms with E-state index in [1.54, 1.807) is 0 Å². The van der Waals surface area contributed by atoms with Crippen LogP contribution in [-0.2, 0) is 0 Å². The molecule has 0 saturated carbocycles. The molecule has 0 nitrogen and oxygen atoms in total. The summed E-state index contributed by atoms with van der Waals surface area (Å²) in [5.41, 5.74) is 0. The minimum Gasteiger partial charge on any atom is -0.0891 e. The van der Waals surface area contributed by atoms with Gasteiger partial charge in [0.15, 0.2) is 0 Å². The van der Waals surface area contributed by atoms with Crippen molar-refractivity contribution in [2.45, 2.75) is 51.8 Å². The Kier molecular flexibility index (Phi) is 15.3. The van der Waals surface area contributed by atoms with Crippen LogP contribution in [0.25, 0.3) is 0 Å². The zero-order valence-corrected chi connectivity index (χ0v) is 8.66. The van der Waals surface area contributed by atoms with Crippen molar-refractivity contribution in [3.8, 4) is 0 Å². The van der Waals surface area contributed by atoms with Crippen LogP contribution in [0.3, 0.4) is 0 Å². The summed E-state index contributed by atoms with van der Waals surface area (Å²) < 4.78 is 0. The highest BCUT2D eigenvalue weighted by atomic mass is 79.9. The van der Waals surface area contributed by atoms with Gasteiger partial charge in [-0.3, -0.25) is 0 Å². The van der Waals surface area contributed by atoms with Crippen LogP contribution in [-0.4, -0.2) is 4.83 Å². The van der Waals surface area contributed by atoms with Gasteiger partial charge in [-0.25, -0.2) is 0 Å². The molecule has 0 radical (unpaired) electrons. The number of halogens is 1. The molecule has 0 amide bonds. The predicted octanol–water partition coefficient (Wildman–Crippen LogP) is 3.99. The van der Waals surface area contributed by atoms with Gasteiger partial charge < -0.3 is 0 Å². The Balaban J connectivity index is 0. The van der Waals surface area contributed by atoms with Gasteiger partial charge in [0.25, 0.3) is 0 Å². The van der Waals surface area contributed by atoms with Crippen LogP contribution in [0.2, 0.25) is 0 Å². The zero-order chi connectivity index (χ0) is 7.70. The summed E-state index contributed by atoms with van der Waals surface area (Å²) in [5, 5.41) is 0. The maximum absolute atomic E-state index is 3.54. The van der Waals surface area contributed by atoms with Crippen molar-refractivity contribution in [1.82, 2.24) is 0 Å². The van der Waals surface area contributed by atoms with Crippen molar-refractivity contribution in [1.29, 1.82) is 0 Å². The Morgan fingerprint density at radius 1 is 1.22 bits per heavy atom. The smallest absolute Gasteiger partial charge is 0.0143 e. The molecule has 9 heavy (non-hydrogen) atoms. The van der Waals surface area contributed by atoms with Gasteiger partial charge in [0.1, 0.15) is 0 Å². The van der Waals surface area contributed by atoms with Gasteiger partial charge in [0, 0.05) is 4.83 Å². The second-order valence-corrected chi connectivity index (χ2v) is 3.09. The van der Waals surface area contributed by atoms with Crippen molar-refractivity contribution in [2.24, 2.45) is 0 Å². The molecule has 1 heteroatoms. The molecule has 0 aliphatic carbocycles. The number of hydrogen-bond acceptors (Lipinski definition) is 0. The molecule has 0 aliphatic heterocycles. The largest absolute Gasteiger partial charge is 0.0891 e. The van der Waals surface area contributed by atoms with Crippen LogP contribution in [0.4, 0.5) is 0 Å². The Labute approximate surface area is 68.2 Å². The first kappa shape index (κ1) is 12.2. The van der Waals surface area contributed by atoms with Crippen molar-refractivity contribution in [2.75, 3.05) is 0 Å². The molecule has 0 aliphatic rings. The molecule has 0 heterocycles. The lowest BCUT2D eigenvalue weighted by Gasteiger charge is -2.00. The predicted molar refractivity (Wildman–Crippen MR) is 49.3 cm³/mol. The Morgan fingerprint density at radius 2 is 1.67 bits per heavy atom. The van der Waals surface area contributed by atoms with E-state index in [1.165, 1.54) is 19.3 Å². The van der Waals surface area contributed by atoms with Crippen LogP contribution in [0, 0.1) is 0 Å². The van der Waals surface area contributed by atoms with Crippen LogP contribution >= 0.6 is 15.9 Å². The van der Waals surface area contributed by atoms with Crippen molar-refractivity contribution < 1.29 is 0 Å². The normalized spacial score (nSPS) is 11.7. The maximum atomic E-state index is 3.54. The van der Waals surface area contributed by atoms with Gasteiger partial charge in [0.05, 0.1) is 0 Å². The number of alkyl halides is 1. The second kappa shape index (κ2) is 11.3. The van der Waals surface area contributed by atoms with Crippen LogP contribution in [0.1, 0.15) is 47.0 Å². The minimum absolute atomic E-state index is 0.762. The molecule has 0 rings (SSSR count). The van der Waals surface area contributed by atoms with Gasteiger partial charge in [-0.1, -0.05) is 50.0 Å². The molecule has 0 N–H and O–H groups in total. The van der Waals surface area contributed by atoms with Gasteiger partial charge in [-0.2, -0.15) is 0 Å². The molecular weight excluding hydrogens is 176 g/mol. The third-order valence-corrected chi connectivity index (χ3v) is 2.15. The Hall–Kier alpha value is 0.480. The van der Waals surface area contributed by atoms with E-state index in [-0.39, 0.29) is 0 Å². The quantitative estimate of drug-likeness (QED) is 0.597. The van der Waals surface area contributed by atoms with Crippen molar-refractivity contribution in [3.63, 3.8) is 0 Å². The van der Waals surface area contributed by atoms with E-state index >= 15 is 0 Å². The monoisotopic (exact) mass is 194 g/mol. The lowest BCUT2D eigenvalue weighted by molar-refractivity contribution is 0.730. The highest BCUT2D eigenvalue weighted by Crippen LogP contribution is 2.10. The zero-order valence-electron chi connectivity index (χ0n) is 7.08. The maximum Gasteiger partial charge on any atom is 0.0143 e. The fourth-order valence-corrected chi connectivity index (χ4v) is 0.975. The van der Waals surface area contributed by atoms with Crippen LogP contribution in [0.15, 0.2) is 0 Å². The van der Waals surface area contributed by atoms with E-state index in [0.29, 0.717) is 0 Å². The van der Waals surface area contributed by atoms with E-state index in [1.807, 2.05) is 13.8 Å². The van der Waals surface area contributed by atoms with E-state index in [4.69, 9.17) is 0 Å². The molecule has 0 spiro atoms. The topological polar surface area (TPSA) is 0 Å². The van der Waals surface area contributed by atoms with E-state index in [9.17, 15) is 0 Å². The first-order chi connectivity index (χ1) is 4.31. The second-order valence-electron chi connectivity index (χ2n) is 1.79. The SMILES string of the molecule is CC.CCCC(Br)CC. The highest BCUT2D eigenvalue weighted by Gasteiger charge is 1.94.